The van der Waals surface area contributed by atoms with E-state index >= 15 is 0 Å². The van der Waals surface area contributed by atoms with Crippen LogP contribution in [0.4, 0.5) is 0 Å². The number of carbonyl (C=O) groups excluding carboxylic acids is 2. The summed E-state index contributed by atoms with van der Waals surface area (Å²) in [6.07, 6.45) is 0.769. The minimum Gasteiger partial charge on any atom is -0.492 e. The number of hydrogen-bond acceptors (Lipinski definition) is 5. The van der Waals surface area contributed by atoms with E-state index in [1.165, 1.54) is 5.56 Å². The number of halogens is 1. The summed E-state index contributed by atoms with van der Waals surface area (Å²) in [5.41, 5.74) is 7.91. The molecule has 0 aromatic heterocycles. The molecule has 4 aromatic carbocycles. The van der Waals surface area contributed by atoms with Crippen molar-refractivity contribution >= 4 is 45.1 Å². The lowest BCUT2D eigenvalue weighted by Gasteiger charge is -2.14. The molecule has 0 aliphatic heterocycles. The molecule has 4 rings (SSSR count). The van der Waals surface area contributed by atoms with E-state index in [9.17, 15) is 9.59 Å². The zero-order valence-electron chi connectivity index (χ0n) is 20.9. The van der Waals surface area contributed by atoms with Crippen LogP contribution in [-0.2, 0) is 13.0 Å². The molecule has 198 valence electrons. The molecule has 7 nitrogen and oxygen atoms in total. The van der Waals surface area contributed by atoms with Gasteiger partial charge >= 0.3 is 0 Å². The minimum absolute atomic E-state index is 0.0599. The third kappa shape index (κ3) is 8.39. The molecule has 0 heterocycles. The fraction of sp³-hybridized carbons (Fsp3) is 0.100. The molecule has 0 aliphatic carbocycles. The standard InChI is InChI=1S/C30H26BrN3O4S/c31-25-19-23(15-16-27(25)37-18-17-21-9-3-1-4-10-21)28(35)32-30(39)34-33-29(36)24-13-7-8-14-26(24)38-20-22-11-5-2-6-12-22/h1-16,19H,17-18,20H2,(H,33,36)(H2,32,34,35,39). The van der Waals surface area contributed by atoms with Gasteiger partial charge in [0.1, 0.15) is 18.1 Å². The van der Waals surface area contributed by atoms with E-state index in [-0.39, 0.29) is 5.11 Å². The second-order valence-corrected chi connectivity index (χ2v) is 9.62. The van der Waals surface area contributed by atoms with Crippen molar-refractivity contribution in [2.75, 3.05) is 6.61 Å². The molecule has 0 unspecified atom stereocenters. The molecule has 0 atom stereocenters. The molecule has 9 heteroatoms. The summed E-state index contributed by atoms with van der Waals surface area (Å²) in [5, 5.41) is 2.49. The fourth-order valence-electron chi connectivity index (χ4n) is 3.59. The molecule has 0 saturated carbocycles. The van der Waals surface area contributed by atoms with E-state index < -0.39 is 11.8 Å². The summed E-state index contributed by atoms with van der Waals surface area (Å²) < 4.78 is 12.3. The number of carbonyl (C=O) groups is 2. The molecule has 0 radical (unpaired) electrons. The van der Waals surface area contributed by atoms with Gasteiger partial charge in [0.25, 0.3) is 11.8 Å². The summed E-state index contributed by atoms with van der Waals surface area (Å²) >= 11 is 8.64. The number of thiocarbonyl (C=S) groups is 1. The van der Waals surface area contributed by atoms with Crippen LogP contribution in [0.2, 0.25) is 0 Å². The Labute approximate surface area is 240 Å². The average molecular weight is 605 g/mol. The van der Waals surface area contributed by atoms with Crippen molar-refractivity contribution in [3.8, 4) is 11.5 Å². The molecule has 3 N–H and O–H groups in total. The van der Waals surface area contributed by atoms with Crippen molar-refractivity contribution in [2.45, 2.75) is 13.0 Å². The first kappa shape index (κ1) is 27.8. The van der Waals surface area contributed by atoms with Crippen LogP contribution in [0.3, 0.4) is 0 Å². The van der Waals surface area contributed by atoms with Gasteiger partial charge in [0.2, 0.25) is 0 Å². The normalized spacial score (nSPS) is 10.3. The van der Waals surface area contributed by atoms with Crippen LogP contribution in [0, 0.1) is 0 Å². The number of hydrazine groups is 1. The Hall–Kier alpha value is -4.21. The highest BCUT2D eigenvalue weighted by molar-refractivity contribution is 9.10. The lowest BCUT2D eigenvalue weighted by atomic mass is 10.2. The molecule has 2 amide bonds. The lowest BCUT2D eigenvalue weighted by Crippen LogP contribution is -2.48. The third-order valence-corrected chi connectivity index (χ3v) is 6.39. The summed E-state index contributed by atoms with van der Waals surface area (Å²) in [6, 6.07) is 31.6. The maximum atomic E-state index is 12.8. The van der Waals surface area contributed by atoms with E-state index in [1.807, 2.05) is 60.7 Å². The van der Waals surface area contributed by atoms with Crippen molar-refractivity contribution in [3.63, 3.8) is 0 Å². The quantitative estimate of drug-likeness (QED) is 0.170. The Morgan fingerprint density at radius 2 is 1.38 bits per heavy atom. The van der Waals surface area contributed by atoms with Crippen molar-refractivity contribution in [1.29, 1.82) is 0 Å². The Morgan fingerprint density at radius 3 is 2.10 bits per heavy atom. The van der Waals surface area contributed by atoms with E-state index in [0.717, 1.165) is 12.0 Å². The van der Waals surface area contributed by atoms with Gasteiger partial charge in [-0.05, 0) is 69.6 Å². The Kier molecular flexibility index (Phi) is 10.0. The Bertz CT molecular complexity index is 1430. The van der Waals surface area contributed by atoms with Crippen LogP contribution in [0.15, 0.2) is 108 Å². The zero-order valence-corrected chi connectivity index (χ0v) is 23.3. The highest BCUT2D eigenvalue weighted by atomic mass is 79.9. The van der Waals surface area contributed by atoms with Crippen molar-refractivity contribution in [2.24, 2.45) is 0 Å². The lowest BCUT2D eigenvalue weighted by molar-refractivity contribution is 0.0930. The molecule has 0 spiro atoms. The van der Waals surface area contributed by atoms with Crippen molar-refractivity contribution < 1.29 is 19.1 Å². The highest BCUT2D eigenvalue weighted by Gasteiger charge is 2.14. The number of rotatable bonds is 9. The predicted molar refractivity (Wildman–Crippen MR) is 158 cm³/mol. The Balaban J connectivity index is 1.25. The van der Waals surface area contributed by atoms with E-state index in [2.05, 4.69) is 32.1 Å². The molecule has 0 fully saturated rings. The molecule has 0 aliphatic rings. The van der Waals surface area contributed by atoms with E-state index in [1.54, 1.807) is 42.5 Å². The largest absolute Gasteiger partial charge is 0.492 e. The molecular formula is C30H26BrN3O4S. The monoisotopic (exact) mass is 603 g/mol. The predicted octanol–water partition coefficient (Wildman–Crippen LogP) is 5.60. The summed E-state index contributed by atoms with van der Waals surface area (Å²) in [4.78, 5) is 25.4. The van der Waals surface area contributed by atoms with Crippen LogP contribution in [0.5, 0.6) is 11.5 Å². The second kappa shape index (κ2) is 14.1. The average Bonchev–Trinajstić information content (AvgIpc) is 2.97. The second-order valence-electron chi connectivity index (χ2n) is 8.36. The number of nitrogens with one attached hydrogen (secondary N) is 3. The minimum atomic E-state index is -0.463. The van der Waals surface area contributed by atoms with Crippen molar-refractivity contribution in [3.05, 3.63) is 130 Å². The topological polar surface area (TPSA) is 88.7 Å². The van der Waals surface area contributed by atoms with Gasteiger partial charge in [-0.2, -0.15) is 0 Å². The fourth-order valence-corrected chi connectivity index (χ4v) is 4.22. The first-order chi connectivity index (χ1) is 19.0. The maximum absolute atomic E-state index is 12.8. The smallest absolute Gasteiger partial charge is 0.273 e. The van der Waals surface area contributed by atoms with E-state index in [0.29, 0.717) is 40.3 Å². The number of benzene rings is 4. The van der Waals surface area contributed by atoms with Gasteiger partial charge in [0, 0.05) is 12.0 Å². The van der Waals surface area contributed by atoms with Crippen LogP contribution < -0.4 is 25.6 Å². The number of amides is 2. The third-order valence-electron chi connectivity index (χ3n) is 5.57. The van der Waals surface area contributed by atoms with Gasteiger partial charge in [-0.1, -0.05) is 72.8 Å². The van der Waals surface area contributed by atoms with Crippen LogP contribution >= 0.6 is 28.1 Å². The number of ether oxygens (including phenoxy) is 2. The van der Waals surface area contributed by atoms with Gasteiger partial charge in [-0.25, -0.2) is 0 Å². The first-order valence-corrected chi connectivity index (χ1v) is 13.3. The summed E-state index contributed by atoms with van der Waals surface area (Å²) in [5.74, 6) is 0.148. The number of hydrogen-bond donors (Lipinski definition) is 3. The van der Waals surface area contributed by atoms with Crippen LogP contribution in [-0.4, -0.2) is 23.5 Å². The summed E-state index contributed by atoms with van der Waals surface area (Å²) in [7, 11) is 0. The van der Waals surface area contributed by atoms with Gasteiger partial charge in [-0.3, -0.25) is 25.8 Å². The molecule has 39 heavy (non-hydrogen) atoms. The number of para-hydroxylation sites is 1. The molecule has 0 bridgehead atoms. The van der Waals surface area contributed by atoms with Crippen LogP contribution in [0.25, 0.3) is 0 Å². The van der Waals surface area contributed by atoms with Gasteiger partial charge in [0.15, 0.2) is 5.11 Å². The van der Waals surface area contributed by atoms with E-state index in [4.69, 9.17) is 21.7 Å². The SMILES string of the molecule is O=C(NC(=S)NNC(=O)c1ccccc1OCc1ccccc1)c1ccc(OCCc2ccccc2)c(Br)c1. The van der Waals surface area contributed by atoms with Gasteiger partial charge in [-0.15, -0.1) is 0 Å². The zero-order chi connectivity index (χ0) is 27.5. The first-order valence-electron chi connectivity index (χ1n) is 12.1. The Morgan fingerprint density at radius 1 is 0.718 bits per heavy atom. The molecule has 0 saturated heterocycles. The van der Waals surface area contributed by atoms with Gasteiger partial charge in [0.05, 0.1) is 16.6 Å². The maximum Gasteiger partial charge on any atom is 0.273 e. The van der Waals surface area contributed by atoms with Gasteiger partial charge < -0.3 is 9.47 Å². The molecular weight excluding hydrogens is 578 g/mol. The molecule has 4 aromatic rings. The summed E-state index contributed by atoms with van der Waals surface area (Å²) in [6.45, 7) is 0.821. The van der Waals surface area contributed by atoms with Crippen LogP contribution in [0.1, 0.15) is 31.8 Å². The van der Waals surface area contributed by atoms with Crippen molar-refractivity contribution in [1.82, 2.24) is 16.2 Å². The highest BCUT2D eigenvalue weighted by Crippen LogP contribution is 2.26.